The Morgan fingerprint density at radius 3 is 2.33 bits per heavy atom. The second kappa shape index (κ2) is 14.0. The first-order chi connectivity index (χ1) is 21.1. The van der Waals surface area contributed by atoms with E-state index in [-0.39, 0.29) is 0 Å². The molecule has 4 heterocycles. The summed E-state index contributed by atoms with van der Waals surface area (Å²) in [4.78, 5) is 23.7. The van der Waals surface area contributed by atoms with Gasteiger partial charge in [-0.2, -0.15) is 4.98 Å². The van der Waals surface area contributed by atoms with Crippen LogP contribution in [0.1, 0.15) is 36.8 Å². The van der Waals surface area contributed by atoms with E-state index in [4.69, 9.17) is 14.7 Å². The molecule has 0 aliphatic carbocycles. The van der Waals surface area contributed by atoms with Gasteiger partial charge in [0.2, 0.25) is 11.8 Å². The maximum atomic E-state index is 6.13. The van der Waals surface area contributed by atoms with Crippen molar-refractivity contribution in [3.8, 4) is 5.88 Å². The number of aromatic nitrogens is 3. The Morgan fingerprint density at radius 2 is 1.56 bits per heavy atom. The number of pyridine rings is 1. The Balaban J connectivity index is 1.22. The zero-order chi connectivity index (χ0) is 29.4. The van der Waals surface area contributed by atoms with Gasteiger partial charge in [-0.1, -0.05) is 42.5 Å². The minimum Gasteiger partial charge on any atom is -0.473 e. The Labute approximate surface area is 256 Å². The number of anilines is 3. The van der Waals surface area contributed by atoms with Crippen molar-refractivity contribution in [1.29, 1.82) is 0 Å². The van der Waals surface area contributed by atoms with Crippen LogP contribution in [0.3, 0.4) is 0 Å². The summed E-state index contributed by atoms with van der Waals surface area (Å²) in [5.74, 6) is 1.34. The molecule has 2 aliphatic rings. The van der Waals surface area contributed by atoms with E-state index < -0.39 is 0 Å². The lowest BCUT2D eigenvalue weighted by Gasteiger charge is -2.44. The van der Waals surface area contributed by atoms with Gasteiger partial charge in [-0.15, -0.1) is 0 Å². The fraction of sp³-hybridized carbons (Fsp3) is 0.400. The van der Waals surface area contributed by atoms with Gasteiger partial charge in [0.05, 0.1) is 0 Å². The zero-order valence-electron chi connectivity index (χ0n) is 25.4. The van der Waals surface area contributed by atoms with E-state index in [1.54, 1.807) is 0 Å². The molecule has 2 aliphatic heterocycles. The van der Waals surface area contributed by atoms with E-state index in [0.717, 1.165) is 42.4 Å². The highest BCUT2D eigenvalue weighted by molar-refractivity contribution is 5.62. The van der Waals surface area contributed by atoms with Crippen LogP contribution >= 0.6 is 0 Å². The van der Waals surface area contributed by atoms with Gasteiger partial charge in [0.1, 0.15) is 6.61 Å². The molecule has 2 fully saturated rings. The first-order valence-electron chi connectivity index (χ1n) is 15.5. The summed E-state index contributed by atoms with van der Waals surface area (Å²) in [5, 5.41) is 0. The van der Waals surface area contributed by atoms with Crippen molar-refractivity contribution in [3.05, 3.63) is 103 Å². The Hall–Kier alpha value is -4.01. The lowest BCUT2D eigenvalue weighted by Crippen LogP contribution is -2.53. The summed E-state index contributed by atoms with van der Waals surface area (Å²) < 4.78 is 6.13. The van der Waals surface area contributed by atoms with Crippen LogP contribution < -0.4 is 14.5 Å². The maximum absolute atomic E-state index is 6.13. The predicted molar refractivity (Wildman–Crippen MR) is 173 cm³/mol. The number of piperidine rings is 2. The summed E-state index contributed by atoms with van der Waals surface area (Å²) in [7, 11) is 4.33. The van der Waals surface area contributed by atoms with Crippen molar-refractivity contribution in [2.75, 3.05) is 50.1 Å². The number of rotatable bonds is 10. The largest absolute Gasteiger partial charge is 0.473 e. The molecule has 0 radical (unpaired) electrons. The van der Waals surface area contributed by atoms with Crippen LogP contribution in [0.15, 0.2) is 91.4 Å². The highest BCUT2D eigenvalue weighted by atomic mass is 16.5. The fourth-order valence-corrected chi connectivity index (χ4v) is 6.31. The summed E-state index contributed by atoms with van der Waals surface area (Å²) in [6, 6.07) is 26.0. The molecule has 0 spiro atoms. The molecule has 8 heteroatoms. The standard InChI is InChI=1S/C35H43N7O/c1-39-23-17-32(18-24-39)41-22-6-9-33(26-41)42(35-37-21-16-34(38-35)43-27-29-7-4-3-5-8-29)25-28-10-12-30(13-11-28)40(2)31-14-19-36-20-15-31/h3-5,7-8,10-16,19-21,32-33H,6,9,17-18,22-27H2,1-2H3/t33-/m0/s1. The summed E-state index contributed by atoms with van der Waals surface area (Å²) in [6.07, 6.45) is 10.3. The van der Waals surface area contributed by atoms with Gasteiger partial charge in [-0.25, -0.2) is 4.98 Å². The van der Waals surface area contributed by atoms with E-state index in [0.29, 0.717) is 24.6 Å². The topological polar surface area (TPSA) is 60.9 Å². The number of hydrogen-bond donors (Lipinski definition) is 0. The molecule has 8 nitrogen and oxygen atoms in total. The van der Waals surface area contributed by atoms with Gasteiger partial charge in [-0.05, 0) is 87.8 Å². The minimum absolute atomic E-state index is 0.331. The van der Waals surface area contributed by atoms with Gasteiger partial charge in [0.25, 0.3) is 0 Å². The van der Waals surface area contributed by atoms with E-state index in [9.17, 15) is 0 Å². The molecule has 2 saturated heterocycles. The summed E-state index contributed by atoms with van der Waals surface area (Å²) >= 11 is 0. The van der Waals surface area contributed by atoms with Crippen molar-refractivity contribution in [3.63, 3.8) is 0 Å². The molecule has 2 aromatic heterocycles. The number of ether oxygens (including phenoxy) is 1. The summed E-state index contributed by atoms with van der Waals surface area (Å²) in [6.45, 7) is 5.80. The third kappa shape index (κ3) is 7.50. The first kappa shape index (κ1) is 29.1. The third-order valence-electron chi connectivity index (χ3n) is 8.90. The molecule has 0 N–H and O–H groups in total. The molecular formula is C35H43N7O. The highest BCUT2D eigenvalue weighted by Gasteiger charge is 2.32. The quantitative estimate of drug-likeness (QED) is 0.235. The van der Waals surface area contributed by atoms with Crippen LogP contribution in [-0.4, -0.2) is 77.1 Å². The molecule has 0 bridgehead atoms. The van der Waals surface area contributed by atoms with Crippen LogP contribution in [0.25, 0.3) is 0 Å². The molecule has 224 valence electrons. The predicted octanol–water partition coefficient (Wildman–Crippen LogP) is 5.78. The Bertz CT molecular complexity index is 1410. The van der Waals surface area contributed by atoms with Crippen molar-refractivity contribution >= 4 is 17.3 Å². The average molecular weight is 578 g/mol. The van der Waals surface area contributed by atoms with Crippen LogP contribution in [0, 0.1) is 0 Å². The molecular weight excluding hydrogens is 534 g/mol. The van der Waals surface area contributed by atoms with Gasteiger partial charge < -0.3 is 19.4 Å². The van der Waals surface area contributed by atoms with Gasteiger partial charge in [-0.3, -0.25) is 9.88 Å². The average Bonchev–Trinajstić information content (AvgIpc) is 3.07. The SMILES string of the molecule is CN1CCC(N2CCC[C@H](N(Cc3ccc(N(C)c4ccncc4)cc3)c3nccc(OCc4ccccc4)n3)C2)CC1. The van der Waals surface area contributed by atoms with Crippen LogP contribution in [-0.2, 0) is 13.2 Å². The number of benzene rings is 2. The Morgan fingerprint density at radius 1 is 0.814 bits per heavy atom. The molecule has 1 atom stereocenters. The van der Waals surface area contributed by atoms with Gasteiger partial charge in [0.15, 0.2) is 0 Å². The second-order valence-corrected chi connectivity index (χ2v) is 11.9. The Kier molecular flexibility index (Phi) is 9.45. The van der Waals surface area contributed by atoms with Crippen molar-refractivity contribution in [2.45, 2.75) is 50.9 Å². The van der Waals surface area contributed by atoms with Crippen molar-refractivity contribution in [2.24, 2.45) is 0 Å². The maximum Gasteiger partial charge on any atom is 0.229 e. The molecule has 43 heavy (non-hydrogen) atoms. The van der Waals surface area contributed by atoms with E-state index in [2.05, 4.69) is 75.1 Å². The molecule has 0 saturated carbocycles. The van der Waals surface area contributed by atoms with Gasteiger partial charge >= 0.3 is 0 Å². The smallest absolute Gasteiger partial charge is 0.229 e. The lowest BCUT2D eigenvalue weighted by molar-refractivity contribution is 0.0927. The fourth-order valence-electron chi connectivity index (χ4n) is 6.31. The number of likely N-dealkylation sites (tertiary alicyclic amines) is 2. The van der Waals surface area contributed by atoms with E-state index in [1.165, 1.54) is 44.5 Å². The monoisotopic (exact) mass is 577 g/mol. The molecule has 2 aromatic carbocycles. The first-order valence-corrected chi connectivity index (χ1v) is 15.5. The molecule has 6 rings (SSSR count). The normalized spacial score (nSPS) is 18.3. The van der Waals surface area contributed by atoms with E-state index in [1.807, 2.05) is 55.0 Å². The minimum atomic E-state index is 0.331. The molecule has 0 unspecified atom stereocenters. The van der Waals surface area contributed by atoms with Crippen molar-refractivity contribution in [1.82, 2.24) is 24.8 Å². The zero-order valence-corrected chi connectivity index (χ0v) is 25.4. The van der Waals surface area contributed by atoms with Crippen LogP contribution in [0.2, 0.25) is 0 Å². The summed E-state index contributed by atoms with van der Waals surface area (Å²) in [5.41, 5.74) is 4.61. The number of nitrogens with zero attached hydrogens (tertiary/aromatic N) is 7. The number of hydrogen-bond acceptors (Lipinski definition) is 8. The van der Waals surface area contributed by atoms with Gasteiger partial charge in [0, 0.05) is 68.3 Å². The lowest BCUT2D eigenvalue weighted by atomic mass is 9.97. The van der Waals surface area contributed by atoms with E-state index >= 15 is 0 Å². The second-order valence-electron chi connectivity index (χ2n) is 11.9. The van der Waals surface area contributed by atoms with Crippen LogP contribution in [0.5, 0.6) is 5.88 Å². The van der Waals surface area contributed by atoms with Crippen LogP contribution in [0.4, 0.5) is 17.3 Å². The molecule has 0 amide bonds. The van der Waals surface area contributed by atoms with Crippen molar-refractivity contribution < 1.29 is 4.74 Å². The highest BCUT2D eigenvalue weighted by Crippen LogP contribution is 2.29. The third-order valence-corrected chi connectivity index (χ3v) is 8.90. The molecule has 4 aromatic rings.